The molecule has 1 rings (SSSR count). The lowest BCUT2D eigenvalue weighted by Crippen LogP contribution is -2.06. The summed E-state index contributed by atoms with van der Waals surface area (Å²) < 4.78 is 26.6. The van der Waals surface area contributed by atoms with Crippen LogP contribution in [0, 0.1) is 10.1 Å². The Morgan fingerprint density at radius 1 is 1.44 bits per heavy atom. The van der Waals surface area contributed by atoms with Gasteiger partial charge in [0.1, 0.15) is 0 Å². The van der Waals surface area contributed by atoms with Crippen molar-refractivity contribution in [2.24, 2.45) is 0 Å². The van der Waals surface area contributed by atoms with E-state index < -0.39 is 15.0 Å². The molecule has 8 heteroatoms. The zero-order chi connectivity index (χ0) is 12.3. The van der Waals surface area contributed by atoms with Gasteiger partial charge in [-0.25, -0.2) is 0 Å². The smallest absolute Gasteiger partial charge is 0.306 e. The molecule has 1 aromatic rings. The van der Waals surface area contributed by atoms with Crippen LogP contribution in [-0.2, 0) is 10.1 Å². The van der Waals surface area contributed by atoms with Gasteiger partial charge in [-0.2, -0.15) is 8.42 Å². The van der Waals surface area contributed by atoms with E-state index in [1.165, 1.54) is 23.9 Å². The summed E-state index contributed by atoms with van der Waals surface area (Å²) in [5.74, 6) is -0.0239. The van der Waals surface area contributed by atoms with E-state index in [2.05, 4.69) is 4.18 Å². The van der Waals surface area contributed by atoms with Crippen LogP contribution >= 0.6 is 11.8 Å². The van der Waals surface area contributed by atoms with Crippen molar-refractivity contribution in [2.45, 2.75) is 4.90 Å². The number of hydrogen-bond donors (Lipinski definition) is 0. The van der Waals surface area contributed by atoms with E-state index in [9.17, 15) is 18.5 Å². The molecule has 0 amide bonds. The average Bonchev–Trinajstić information content (AvgIpc) is 2.15. The zero-order valence-electron chi connectivity index (χ0n) is 8.54. The molecule has 0 heterocycles. The van der Waals surface area contributed by atoms with E-state index in [4.69, 9.17) is 0 Å². The second-order valence-corrected chi connectivity index (χ2v) is 5.30. The third-order valence-corrected chi connectivity index (χ3v) is 2.86. The number of non-ortho nitro benzene ring substituents is 1. The van der Waals surface area contributed by atoms with Gasteiger partial charge in [0.2, 0.25) is 0 Å². The van der Waals surface area contributed by atoms with Crippen molar-refractivity contribution < 1.29 is 17.5 Å². The molecule has 0 bridgehead atoms. The highest BCUT2D eigenvalue weighted by Crippen LogP contribution is 2.32. The van der Waals surface area contributed by atoms with Gasteiger partial charge in [0, 0.05) is 6.07 Å². The lowest BCUT2D eigenvalue weighted by Gasteiger charge is -2.06. The lowest BCUT2D eigenvalue weighted by atomic mass is 10.3. The van der Waals surface area contributed by atoms with Crippen molar-refractivity contribution in [1.29, 1.82) is 0 Å². The normalized spacial score (nSPS) is 11.1. The van der Waals surface area contributed by atoms with Crippen LogP contribution in [0.4, 0.5) is 5.69 Å². The topological polar surface area (TPSA) is 86.5 Å². The predicted molar refractivity (Wildman–Crippen MR) is 60.3 cm³/mol. The zero-order valence-corrected chi connectivity index (χ0v) is 10.2. The molecular formula is C8H9NO5S2. The molecule has 0 unspecified atom stereocenters. The van der Waals surface area contributed by atoms with Gasteiger partial charge in [0.05, 0.1) is 22.1 Å². The van der Waals surface area contributed by atoms with Crippen LogP contribution in [0.3, 0.4) is 0 Å². The van der Waals surface area contributed by atoms with Crippen LogP contribution < -0.4 is 4.18 Å². The van der Waals surface area contributed by atoms with Crippen LogP contribution in [-0.4, -0.2) is 25.9 Å². The Morgan fingerprint density at radius 3 is 2.50 bits per heavy atom. The highest BCUT2D eigenvalue weighted by atomic mass is 32.2. The van der Waals surface area contributed by atoms with Crippen LogP contribution in [0.2, 0.25) is 0 Å². The molecule has 0 aliphatic rings. The van der Waals surface area contributed by atoms with E-state index in [1.54, 1.807) is 6.26 Å². The van der Waals surface area contributed by atoms with Crippen LogP contribution in [0.1, 0.15) is 0 Å². The van der Waals surface area contributed by atoms with E-state index in [-0.39, 0.29) is 11.4 Å². The summed E-state index contributed by atoms with van der Waals surface area (Å²) in [4.78, 5) is 10.4. The van der Waals surface area contributed by atoms with Gasteiger partial charge in [0.25, 0.3) is 5.69 Å². The Labute approximate surface area is 96.9 Å². The lowest BCUT2D eigenvalue weighted by molar-refractivity contribution is -0.384. The standard InChI is InChI=1S/C8H9NO5S2/c1-15-8-4-3-6(9(10)11)5-7(8)14-16(2,12)13/h3-5H,1-2H3. The SMILES string of the molecule is CSc1ccc([N+](=O)[O-])cc1OS(C)(=O)=O. The molecule has 0 aliphatic heterocycles. The van der Waals surface area contributed by atoms with E-state index >= 15 is 0 Å². The first-order chi connectivity index (χ1) is 7.33. The number of nitrogens with zero attached hydrogens (tertiary/aromatic N) is 1. The molecule has 0 saturated heterocycles. The number of nitro benzene ring substituents is 1. The first kappa shape index (κ1) is 12.8. The molecule has 0 radical (unpaired) electrons. The van der Waals surface area contributed by atoms with E-state index in [0.717, 1.165) is 12.3 Å². The van der Waals surface area contributed by atoms with Crippen molar-refractivity contribution >= 4 is 27.6 Å². The minimum atomic E-state index is -3.69. The minimum absolute atomic E-state index is 0.0239. The van der Waals surface area contributed by atoms with Crippen molar-refractivity contribution in [1.82, 2.24) is 0 Å². The molecule has 0 atom stereocenters. The highest BCUT2D eigenvalue weighted by molar-refractivity contribution is 7.98. The van der Waals surface area contributed by atoms with E-state index in [0.29, 0.717) is 4.90 Å². The van der Waals surface area contributed by atoms with Gasteiger partial charge in [-0.15, -0.1) is 11.8 Å². The summed E-state index contributed by atoms with van der Waals surface area (Å²) >= 11 is 1.24. The maximum atomic E-state index is 10.9. The molecule has 16 heavy (non-hydrogen) atoms. The fraction of sp³-hybridized carbons (Fsp3) is 0.250. The number of benzene rings is 1. The van der Waals surface area contributed by atoms with Gasteiger partial charge in [-0.05, 0) is 12.3 Å². The van der Waals surface area contributed by atoms with Crippen LogP contribution in [0.15, 0.2) is 23.1 Å². The summed E-state index contributed by atoms with van der Waals surface area (Å²) in [7, 11) is -3.69. The van der Waals surface area contributed by atoms with Gasteiger partial charge >= 0.3 is 10.1 Å². The number of rotatable bonds is 4. The third kappa shape index (κ3) is 3.38. The molecule has 88 valence electrons. The van der Waals surface area contributed by atoms with Crippen LogP contribution in [0.25, 0.3) is 0 Å². The maximum absolute atomic E-state index is 10.9. The molecule has 0 aliphatic carbocycles. The second kappa shape index (κ2) is 4.71. The summed E-state index contributed by atoms with van der Waals surface area (Å²) in [5.41, 5.74) is -0.212. The summed E-state index contributed by atoms with van der Waals surface area (Å²) in [6.07, 6.45) is 2.60. The quantitative estimate of drug-likeness (QED) is 0.355. The number of hydrogen-bond acceptors (Lipinski definition) is 6. The second-order valence-electron chi connectivity index (χ2n) is 2.88. The molecular weight excluding hydrogens is 254 g/mol. The number of thioether (sulfide) groups is 1. The Hall–Kier alpha value is -1.28. The highest BCUT2D eigenvalue weighted by Gasteiger charge is 2.14. The summed E-state index contributed by atoms with van der Waals surface area (Å²) in [6, 6.07) is 3.83. The molecule has 0 N–H and O–H groups in total. The monoisotopic (exact) mass is 263 g/mol. The minimum Gasteiger partial charge on any atom is -0.381 e. The Balaban J connectivity index is 3.22. The van der Waals surface area contributed by atoms with Crippen molar-refractivity contribution in [3.8, 4) is 5.75 Å². The summed E-state index contributed by atoms with van der Waals surface area (Å²) in [6.45, 7) is 0. The molecule has 0 aromatic heterocycles. The molecule has 0 fully saturated rings. The van der Waals surface area contributed by atoms with Gasteiger partial charge in [-0.3, -0.25) is 10.1 Å². The fourth-order valence-corrected chi connectivity index (χ4v) is 2.03. The first-order valence-electron chi connectivity index (χ1n) is 4.05. The average molecular weight is 263 g/mol. The van der Waals surface area contributed by atoms with Crippen molar-refractivity contribution in [3.63, 3.8) is 0 Å². The van der Waals surface area contributed by atoms with Gasteiger partial charge < -0.3 is 4.18 Å². The van der Waals surface area contributed by atoms with Crippen molar-refractivity contribution in [2.75, 3.05) is 12.5 Å². The first-order valence-corrected chi connectivity index (χ1v) is 7.09. The Morgan fingerprint density at radius 2 is 2.06 bits per heavy atom. The molecule has 6 nitrogen and oxygen atoms in total. The third-order valence-electron chi connectivity index (χ3n) is 1.60. The molecule has 1 aromatic carbocycles. The van der Waals surface area contributed by atoms with Gasteiger partial charge in [0.15, 0.2) is 5.75 Å². The van der Waals surface area contributed by atoms with Gasteiger partial charge in [-0.1, -0.05) is 0 Å². The Bertz CT molecular complexity index is 511. The van der Waals surface area contributed by atoms with Crippen molar-refractivity contribution in [3.05, 3.63) is 28.3 Å². The molecule has 0 saturated carbocycles. The fourth-order valence-electron chi connectivity index (χ4n) is 1.01. The predicted octanol–water partition coefficient (Wildman–Crippen LogP) is 1.66. The molecule has 0 spiro atoms. The number of nitro groups is 1. The van der Waals surface area contributed by atoms with E-state index in [1.807, 2.05) is 0 Å². The maximum Gasteiger partial charge on any atom is 0.306 e. The Kier molecular flexibility index (Phi) is 3.76. The summed E-state index contributed by atoms with van der Waals surface area (Å²) in [5, 5.41) is 10.5. The van der Waals surface area contributed by atoms with Crippen LogP contribution in [0.5, 0.6) is 5.75 Å². The largest absolute Gasteiger partial charge is 0.381 e.